The van der Waals surface area contributed by atoms with Crippen LogP contribution < -0.4 is 10.1 Å². The summed E-state index contributed by atoms with van der Waals surface area (Å²) >= 11 is 4.88. The van der Waals surface area contributed by atoms with E-state index in [1.807, 2.05) is 60.7 Å². The highest BCUT2D eigenvalue weighted by Crippen LogP contribution is 2.44. The van der Waals surface area contributed by atoms with Crippen molar-refractivity contribution >= 4 is 39.2 Å². The quantitative estimate of drug-likeness (QED) is 0.446. The minimum atomic E-state index is -0.535. The van der Waals surface area contributed by atoms with Gasteiger partial charge in [0.05, 0.1) is 14.6 Å². The van der Waals surface area contributed by atoms with Crippen LogP contribution in [0.5, 0.6) is 11.5 Å². The zero-order chi connectivity index (χ0) is 19.1. The van der Waals surface area contributed by atoms with E-state index in [0.29, 0.717) is 17.4 Å². The molecule has 1 aliphatic rings. The fourth-order valence-electron chi connectivity index (χ4n) is 3.17. The van der Waals surface area contributed by atoms with Crippen LogP contribution in [0.2, 0.25) is 0 Å². The molecule has 1 aliphatic heterocycles. The first-order valence-electron chi connectivity index (χ1n) is 8.45. The number of thiophene rings is 1. The largest absolute Gasteiger partial charge is 0.457 e. The molecule has 2 aromatic heterocycles. The molecule has 28 heavy (non-hydrogen) atoms. The number of rotatable bonds is 3. The molecule has 0 spiro atoms. The predicted molar refractivity (Wildman–Crippen MR) is 109 cm³/mol. The lowest BCUT2D eigenvalue weighted by Gasteiger charge is -2.26. The number of hydrogen-bond acceptors (Lipinski definition) is 6. The van der Waals surface area contributed by atoms with Gasteiger partial charge in [0.2, 0.25) is 5.91 Å². The highest BCUT2D eigenvalue weighted by molar-refractivity contribution is 9.11. The van der Waals surface area contributed by atoms with Crippen LogP contribution in [0.3, 0.4) is 0 Å². The van der Waals surface area contributed by atoms with E-state index in [4.69, 9.17) is 9.15 Å². The van der Waals surface area contributed by atoms with Crippen LogP contribution in [-0.2, 0) is 4.79 Å². The van der Waals surface area contributed by atoms with Crippen LogP contribution in [-0.4, -0.2) is 16.1 Å². The van der Waals surface area contributed by atoms with E-state index in [9.17, 15) is 4.79 Å². The third-order valence-corrected chi connectivity index (χ3v) is 5.99. The zero-order valence-electron chi connectivity index (χ0n) is 14.3. The van der Waals surface area contributed by atoms with Gasteiger partial charge in [-0.2, -0.15) is 0 Å². The average Bonchev–Trinajstić information content (AvgIpc) is 3.34. The first-order valence-corrected chi connectivity index (χ1v) is 10.1. The van der Waals surface area contributed by atoms with Gasteiger partial charge in [-0.1, -0.05) is 41.5 Å². The molecular formula is C20H12BrN3O3S. The first kappa shape index (κ1) is 17.2. The van der Waals surface area contributed by atoms with Crippen molar-refractivity contribution in [3.63, 3.8) is 0 Å². The molecular weight excluding hydrogens is 442 g/mol. The van der Waals surface area contributed by atoms with Crippen molar-refractivity contribution in [1.82, 2.24) is 10.2 Å². The lowest BCUT2D eigenvalue weighted by molar-refractivity contribution is -0.117. The molecule has 0 radical (unpaired) electrons. The summed E-state index contributed by atoms with van der Waals surface area (Å²) < 4.78 is 12.5. The summed E-state index contributed by atoms with van der Waals surface area (Å²) in [4.78, 5) is 14.0. The van der Waals surface area contributed by atoms with Crippen molar-refractivity contribution in [1.29, 1.82) is 0 Å². The molecule has 0 unspecified atom stereocenters. The van der Waals surface area contributed by atoms with Crippen LogP contribution in [0.4, 0.5) is 6.01 Å². The number of fused-ring (bicyclic) bond motifs is 2. The topological polar surface area (TPSA) is 77.3 Å². The summed E-state index contributed by atoms with van der Waals surface area (Å²) in [7, 11) is 0. The second kappa shape index (κ2) is 6.88. The Labute approximate surface area is 172 Å². The van der Waals surface area contributed by atoms with E-state index in [-0.39, 0.29) is 11.9 Å². The summed E-state index contributed by atoms with van der Waals surface area (Å²) in [6.45, 7) is 0. The van der Waals surface area contributed by atoms with Crippen molar-refractivity contribution in [2.45, 2.75) is 5.92 Å². The zero-order valence-corrected chi connectivity index (χ0v) is 16.7. The molecule has 1 amide bonds. The Bertz CT molecular complexity index is 1140. The number of carbonyl (C=O) groups excluding carboxylic acids is 1. The highest BCUT2D eigenvalue weighted by atomic mass is 79.9. The molecule has 0 saturated heterocycles. The Morgan fingerprint density at radius 2 is 1.64 bits per heavy atom. The molecule has 0 bridgehead atoms. The SMILES string of the molecule is O=C(Nc1nnc(-c2ccc(Br)s2)o1)C1c2ccccc2Oc2ccccc21. The molecule has 0 atom stereocenters. The molecule has 0 aliphatic carbocycles. The second-order valence-electron chi connectivity index (χ2n) is 6.12. The van der Waals surface area contributed by atoms with Gasteiger partial charge in [0.1, 0.15) is 11.5 Å². The van der Waals surface area contributed by atoms with Gasteiger partial charge in [0, 0.05) is 11.1 Å². The molecule has 3 heterocycles. The third kappa shape index (κ3) is 3.00. The predicted octanol–water partition coefficient (Wildman–Crippen LogP) is 5.44. The van der Waals surface area contributed by atoms with E-state index < -0.39 is 5.92 Å². The maximum Gasteiger partial charge on any atom is 0.322 e. The number of ether oxygens (including phenoxy) is 1. The maximum atomic E-state index is 13.1. The minimum absolute atomic E-state index is 0.0611. The van der Waals surface area contributed by atoms with Gasteiger partial charge in [0.15, 0.2) is 0 Å². The summed E-state index contributed by atoms with van der Waals surface area (Å²) in [5, 5.41) is 10.7. The van der Waals surface area contributed by atoms with Gasteiger partial charge in [-0.05, 0) is 40.2 Å². The molecule has 0 fully saturated rings. The standard InChI is InChI=1S/C20H12BrN3O3S/c21-16-10-9-15(28-16)19-23-24-20(27-19)22-18(25)17-11-5-1-3-7-13(11)26-14-8-4-2-6-12(14)17/h1-10,17H,(H,22,24,25). The van der Waals surface area contributed by atoms with Crippen LogP contribution in [0, 0.1) is 0 Å². The summed E-state index contributed by atoms with van der Waals surface area (Å²) in [5.41, 5.74) is 1.58. The highest BCUT2D eigenvalue weighted by Gasteiger charge is 2.33. The number of halogens is 1. The number of aromatic nitrogens is 2. The molecule has 0 saturated carbocycles. The van der Waals surface area contributed by atoms with Crippen molar-refractivity contribution in [3.8, 4) is 22.3 Å². The Morgan fingerprint density at radius 3 is 2.29 bits per heavy atom. The van der Waals surface area contributed by atoms with Gasteiger partial charge in [-0.3, -0.25) is 10.1 Å². The van der Waals surface area contributed by atoms with Crippen molar-refractivity contribution < 1.29 is 13.9 Å². The summed E-state index contributed by atoms with van der Waals surface area (Å²) in [6, 6.07) is 18.8. The van der Waals surface area contributed by atoms with E-state index in [0.717, 1.165) is 19.8 Å². The lowest BCUT2D eigenvalue weighted by Crippen LogP contribution is -2.25. The fourth-order valence-corrected chi connectivity index (χ4v) is 4.48. The van der Waals surface area contributed by atoms with E-state index in [1.54, 1.807) is 0 Å². The Kier molecular flexibility index (Phi) is 4.22. The normalized spacial score (nSPS) is 12.8. The van der Waals surface area contributed by atoms with Gasteiger partial charge < -0.3 is 9.15 Å². The molecule has 6 nitrogen and oxygen atoms in total. The fraction of sp³-hybridized carbons (Fsp3) is 0.0500. The van der Waals surface area contributed by atoms with Crippen LogP contribution >= 0.6 is 27.3 Å². The molecule has 5 rings (SSSR count). The molecule has 1 N–H and O–H groups in total. The number of benzene rings is 2. The molecule has 138 valence electrons. The Hall–Kier alpha value is -2.97. The van der Waals surface area contributed by atoms with Gasteiger partial charge in [-0.15, -0.1) is 16.4 Å². The summed E-state index contributed by atoms with van der Waals surface area (Å²) in [5.74, 6) is 0.893. The van der Waals surface area contributed by atoms with E-state index in [2.05, 4.69) is 31.4 Å². The Balaban J connectivity index is 1.47. The van der Waals surface area contributed by atoms with Gasteiger partial charge in [-0.25, -0.2) is 0 Å². The monoisotopic (exact) mass is 453 g/mol. The van der Waals surface area contributed by atoms with Crippen molar-refractivity contribution in [2.75, 3.05) is 5.32 Å². The number of nitrogens with one attached hydrogen (secondary N) is 1. The molecule has 8 heteroatoms. The molecule has 4 aromatic rings. The second-order valence-corrected chi connectivity index (χ2v) is 8.58. The lowest BCUT2D eigenvalue weighted by atomic mass is 9.87. The molecule has 2 aromatic carbocycles. The maximum absolute atomic E-state index is 13.1. The van der Waals surface area contributed by atoms with E-state index in [1.165, 1.54) is 11.3 Å². The van der Waals surface area contributed by atoms with Crippen molar-refractivity contribution in [3.05, 3.63) is 75.6 Å². The number of anilines is 1. The van der Waals surface area contributed by atoms with E-state index >= 15 is 0 Å². The summed E-state index contributed by atoms with van der Waals surface area (Å²) in [6.07, 6.45) is 0. The number of para-hydroxylation sites is 2. The third-order valence-electron chi connectivity index (χ3n) is 4.38. The number of hydrogen-bond donors (Lipinski definition) is 1. The number of nitrogens with zero attached hydrogens (tertiary/aromatic N) is 2. The number of amides is 1. The van der Waals surface area contributed by atoms with Crippen LogP contribution in [0.1, 0.15) is 17.0 Å². The van der Waals surface area contributed by atoms with Gasteiger partial charge >= 0.3 is 6.01 Å². The first-order chi connectivity index (χ1) is 13.7. The average molecular weight is 454 g/mol. The minimum Gasteiger partial charge on any atom is -0.457 e. The van der Waals surface area contributed by atoms with Crippen LogP contribution in [0.25, 0.3) is 10.8 Å². The number of carbonyl (C=O) groups is 1. The van der Waals surface area contributed by atoms with Gasteiger partial charge in [0.25, 0.3) is 5.89 Å². The Morgan fingerprint density at radius 1 is 0.964 bits per heavy atom. The van der Waals surface area contributed by atoms with Crippen molar-refractivity contribution in [2.24, 2.45) is 0 Å². The smallest absolute Gasteiger partial charge is 0.322 e. The van der Waals surface area contributed by atoms with Crippen LogP contribution in [0.15, 0.2) is 68.9 Å².